The predicted octanol–water partition coefficient (Wildman–Crippen LogP) is 5.58. The summed E-state index contributed by atoms with van der Waals surface area (Å²) in [5.41, 5.74) is 4.22. The Balaban J connectivity index is 1.09. The van der Waals surface area contributed by atoms with Crippen LogP contribution in [-0.4, -0.2) is 58.6 Å². The zero-order chi connectivity index (χ0) is 28.3. The molecule has 41 heavy (non-hydrogen) atoms. The number of carbonyl (C=O) groups is 1. The molecule has 0 spiro atoms. The van der Waals surface area contributed by atoms with Crippen LogP contribution in [-0.2, 0) is 24.1 Å². The Morgan fingerprint density at radius 3 is 2.68 bits per heavy atom. The van der Waals surface area contributed by atoms with E-state index in [4.69, 9.17) is 19.7 Å². The highest BCUT2D eigenvalue weighted by molar-refractivity contribution is 7.99. The summed E-state index contributed by atoms with van der Waals surface area (Å²) in [5.74, 6) is 1.51. The van der Waals surface area contributed by atoms with Crippen LogP contribution in [0.25, 0.3) is 4.96 Å². The summed E-state index contributed by atoms with van der Waals surface area (Å²) in [5, 5.41) is 10.4. The van der Waals surface area contributed by atoms with Gasteiger partial charge in [0.2, 0.25) is 5.95 Å². The van der Waals surface area contributed by atoms with Crippen molar-refractivity contribution in [2.75, 3.05) is 31.4 Å². The number of nitrogens with one attached hydrogen (secondary N) is 2. The van der Waals surface area contributed by atoms with E-state index in [0.29, 0.717) is 24.2 Å². The fourth-order valence-corrected chi connectivity index (χ4v) is 7.70. The van der Waals surface area contributed by atoms with E-state index in [2.05, 4.69) is 45.6 Å². The van der Waals surface area contributed by atoms with Gasteiger partial charge in [-0.15, -0.1) is 11.3 Å². The predicted molar refractivity (Wildman–Crippen MR) is 164 cm³/mol. The van der Waals surface area contributed by atoms with E-state index in [9.17, 15) is 4.79 Å². The summed E-state index contributed by atoms with van der Waals surface area (Å²) < 4.78 is 7.16. The first-order valence-electron chi connectivity index (χ1n) is 14.4. The third-order valence-corrected chi connectivity index (χ3v) is 9.88. The van der Waals surface area contributed by atoms with Gasteiger partial charge in [0.05, 0.1) is 24.1 Å². The molecule has 1 saturated carbocycles. The van der Waals surface area contributed by atoms with Crippen LogP contribution in [0.1, 0.15) is 65.8 Å². The third-order valence-electron chi connectivity index (χ3n) is 8.03. The number of carbonyl (C=O) groups excluding carboxylic acids is 1. The van der Waals surface area contributed by atoms with Gasteiger partial charge in [0.1, 0.15) is 10.8 Å². The number of esters is 1. The maximum Gasteiger partial charge on any atom is 0.339 e. The molecule has 9 nitrogen and oxygen atoms in total. The lowest BCUT2D eigenvalue weighted by molar-refractivity contribution is 0.0597. The first kappa shape index (κ1) is 28.0. The Bertz CT molecular complexity index is 1520. The van der Waals surface area contributed by atoms with Crippen molar-refractivity contribution in [3.63, 3.8) is 0 Å². The standard InChI is InChI=1S/C30H37N7O2S2/c1-36(2)26-21-8-4-6-10-23(21)33-29(34-26)32-20-14-12-19(13-15-20)31-18-24-27(35-30-37(24)16-17-40-30)41-25-11-7-5-9-22(25)28(38)39-3/h5,7,9,11,16-17,19-20,31H,4,6,8,10,12-15,18H2,1-3H3,(H,32,33,34)/t19-,20+. The van der Waals surface area contributed by atoms with Gasteiger partial charge >= 0.3 is 5.97 Å². The largest absolute Gasteiger partial charge is 0.465 e. The Kier molecular flexibility index (Phi) is 8.45. The van der Waals surface area contributed by atoms with Crippen LogP contribution < -0.4 is 15.5 Å². The smallest absolute Gasteiger partial charge is 0.339 e. The van der Waals surface area contributed by atoms with Crippen LogP contribution in [0.2, 0.25) is 0 Å². The highest BCUT2D eigenvalue weighted by atomic mass is 32.2. The lowest BCUT2D eigenvalue weighted by atomic mass is 9.91. The molecule has 2 aliphatic rings. The average molecular weight is 592 g/mol. The topological polar surface area (TPSA) is 96.7 Å². The molecule has 3 aromatic heterocycles. The lowest BCUT2D eigenvalue weighted by Crippen LogP contribution is -2.37. The van der Waals surface area contributed by atoms with E-state index in [0.717, 1.165) is 70.9 Å². The number of ether oxygens (including phenoxy) is 1. The quantitative estimate of drug-likeness (QED) is 0.242. The van der Waals surface area contributed by atoms with Crippen molar-refractivity contribution in [3.8, 4) is 0 Å². The maximum atomic E-state index is 12.3. The number of thiazole rings is 1. The number of fused-ring (bicyclic) bond motifs is 2. The van der Waals surface area contributed by atoms with Crippen molar-refractivity contribution in [2.45, 2.75) is 79.9 Å². The molecule has 1 fully saturated rings. The Morgan fingerprint density at radius 1 is 1.10 bits per heavy atom. The molecule has 1 aromatic carbocycles. The number of aryl methyl sites for hydroxylation is 1. The number of nitrogens with zero attached hydrogens (tertiary/aromatic N) is 5. The van der Waals surface area contributed by atoms with E-state index < -0.39 is 0 Å². The number of anilines is 2. The van der Waals surface area contributed by atoms with Crippen LogP contribution in [0.5, 0.6) is 0 Å². The van der Waals surface area contributed by atoms with E-state index in [-0.39, 0.29) is 5.97 Å². The summed E-state index contributed by atoms with van der Waals surface area (Å²) in [6, 6.07) is 8.35. The Hall–Kier alpha value is -3.15. The van der Waals surface area contributed by atoms with Gasteiger partial charge in [-0.05, 0) is 63.5 Å². The van der Waals surface area contributed by atoms with Crippen molar-refractivity contribution in [1.82, 2.24) is 24.7 Å². The van der Waals surface area contributed by atoms with Crippen molar-refractivity contribution in [3.05, 3.63) is 58.4 Å². The van der Waals surface area contributed by atoms with E-state index in [1.165, 1.54) is 43.0 Å². The molecule has 2 aliphatic carbocycles. The van der Waals surface area contributed by atoms with Gasteiger partial charge in [-0.2, -0.15) is 4.98 Å². The van der Waals surface area contributed by atoms with Crippen molar-refractivity contribution in [2.24, 2.45) is 0 Å². The Morgan fingerprint density at radius 2 is 1.88 bits per heavy atom. The van der Waals surface area contributed by atoms with Crippen LogP contribution >= 0.6 is 23.1 Å². The second-order valence-electron chi connectivity index (χ2n) is 11.0. The van der Waals surface area contributed by atoms with Gasteiger partial charge in [0, 0.05) is 54.8 Å². The van der Waals surface area contributed by atoms with Crippen molar-refractivity contribution in [1.29, 1.82) is 0 Å². The van der Waals surface area contributed by atoms with Gasteiger partial charge < -0.3 is 20.3 Å². The second kappa shape index (κ2) is 12.4. The minimum atomic E-state index is -0.335. The molecular weight excluding hydrogens is 555 g/mol. The third kappa shape index (κ3) is 6.07. The van der Waals surface area contributed by atoms with Crippen molar-refractivity contribution < 1.29 is 9.53 Å². The molecular formula is C30H37N7O2S2. The van der Waals surface area contributed by atoms with E-state index in [1.54, 1.807) is 17.4 Å². The zero-order valence-electron chi connectivity index (χ0n) is 23.9. The first-order chi connectivity index (χ1) is 20.0. The normalized spacial score (nSPS) is 18.7. The number of methoxy groups -OCH3 is 1. The molecule has 2 N–H and O–H groups in total. The molecule has 0 unspecified atom stereocenters. The van der Waals surface area contributed by atoms with Gasteiger partial charge in [0.15, 0.2) is 4.96 Å². The van der Waals surface area contributed by atoms with E-state index >= 15 is 0 Å². The minimum Gasteiger partial charge on any atom is -0.465 e. The average Bonchev–Trinajstić information content (AvgIpc) is 3.57. The summed E-state index contributed by atoms with van der Waals surface area (Å²) in [7, 11) is 5.56. The molecule has 0 bridgehead atoms. The second-order valence-corrected chi connectivity index (χ2v) is 12.9. The number of hydrogen-bond acceptors (Lipinski definition) is 10. The summed E-state index contributed by atoms with van der Waals surface area (Å²) in [6.45, 7) is 0.712. The molecule has 0 radical (unpaired) electrons. The van der Waals surface area contributed by atoms with Crippen LogP contribution in [0.15, 0.2) is 45.8 Å². The van der Waals surface area contributed by atoms with Crippen LogP contribution in [0.3, 0.4) is 0 Å². The SMILES string of the molecule is COC(=O)c1ccccc1Sc1nc2sccn2c1CN[C@H]1CC[C@@H](Nc2nc3c(c(N(C)C)n2)CCCC3)CC1. The molecule has 3 heterocycles. The fraction of sp³-hybridized carbons (Fsp3) is 0.467. The van der Waals surface area contributed by atoms with Crippen molar-refractivity contribution >= 4 is 45.8 Å². The molecule has 0 saturated heterocycles. The molecule has 4 aromatic rings. The number of aromatic nitrogens is 4. The molecule has 216 valence electrons. The molecule has 6 rings (SSSR count). The minimum absolute atomic E-state index is 0.335. The molecule has 11 heteroatoms. The van der Waals surface area contributed by atoms with Crippen LogP contribution in [0.4, 0.5) is 11.8 Å². The number of hydrogen-bond donors (Lipinski definition) is 2. The number of rotatable bonds is 9. The van der Waals surface area contributed by atoms with Gasteiger partial charge in [-0.1, -0.05) is 23.9 Å². The Labute approximate surface area is 249 Å². The highest BCUT2D eigenvalue weighted by Gasteiger charge is 2.25. The summed E-state index contributed by atoms with van der Waals surface area (Å²) in [6.07, 6.45) is 10.9. The fourth-order valence-electron chi connectivity index (χ4n) is 5.87. The molecule has 0 atom stereocenters. The van der Waals surface area contributed by atoms with Gasteiger partial charge in [0.25, 0.3) is 0 Å². The molecule has 0 aliphatic heterocycles. The van der Waals surface area contributed by atoms with E-state index in [1.807, 2.05) is 18.2 Å². The number of benzene rings is 1. The zero-order valence-corrected chi connectivity index (χ0v) is 25.5. The van der Waals surface area contributed by atoms with Crippen LogP contribution in [0, 0.1) is 0 Å². The monoisotopic (exact) mass is 591 g/mol. The summed E-state index contributed by atoms with van der Waals surface area (Å²) >= 11 is 3.14. The van der Waals surface area contributed by atoms with Gasteiger partial charge in [-0.3, -0.25) is 4.40 Å². The molecule has 0 amide bonds. The lowest BCUT2D eigenvalue weighted by Gasteiger charge is -2.30. The first-order valence-corrected chi connectivity index (χ1v) is 16.1. The highest BCUT2D eigenvalue weighted by Crippen LogP contribution is 2.35. The summed E-state index contributed by atoms with van der Waals surface area (Å²) in [4.78, 5) is 31.0. The van der Waals surface area contributed by atoms with Gasteiger partial charge in [-0.25, -0.2) is 14.8 Å². The maximum absolute atomic E-state index is 12.3. The number of imidazole rings is 1.